The van der Waals surface area contributed by atoms with E-state index in [0.717, 1.165) is 19.8 Å². The van der Waals surface area contributed by atoms with Crippen LogP contribution in [0.15, 0.2) is 78.4 Å². The van der Waals surface area contributed by atoms with Crippen LogP contribution in [0.2, 0.25) is 0 Å². The van der Waals surface area contributed by atoms with Crippen LogP contribution in [0.25, 0.3) is 10.0 Å². The van der Waals surface area contributed by atoms with Gasteiger partial charge in [0, 0.05) is 24.8 Å². The Hall–Kier alpha value is -2.77. The van der Waals surface area contributed by atoms with Crippen LogP contribution in [-0.2, 0) is 4.74 Å². The van der Waals surface area contributed by atoms with E-state index in [4.69, 9.17) is 4.74 Å². The second-order valence-electron chi connectivity index (χ2n) is 5.54. The first-order chi connectivity index (χ1) is 12.4. The largest absolute Gasteiger partial charge is 0.445 e. The normalized spacial score (nSPS) is 16.5. The van der Waals surface area contributed by atoms with Crippen molar-refractivity contribution >= 4 is 28.6 Å². The summed E-state index contributed by atoms with van der Waals surface area (Å²) in [5, 5.41) is 6.67. The van der Waals surface area contributed by atoms with Gasteiger partial charge in [0.1, 0.15) is 0 Å². The Kier molecular flexibility index (Phi) is 3.46. The summed E-state index contributed by atoms with van der Waals surface area (Å²) in [4.78, 5) is 2.12. The predicted molar refractivity (Wildman–Crippen MR) is 101 cm³/mol. The van der Waals surface area contributed by atoms with Gasteiger partial charge in [-0.05, 0) is 48.5 Å². The molecule has 7 heteroatoms. The Morgan fingerprint density at radius 3 is 2.20 bits per heavy atom. The van der Waals surface area contributed by atoms with Crippen LogP contribution in [0.5, 0.6) is 0 Å². The molecule has 0 radical (unpaired) electrons. The molecular weight excluding hydrogens is 352 g/mol. The lowest BCUT2D eigenvalue weighted by Gasteiger charge is -2.08. The Balaban J connectivity index is 1.33. The zero-order valence-corrected chi connectivity index (χ0v) is 14.7. The number of ether oxygens (including phenoxy) is 1. The molecule has 1 aliphatic heterocycles. The lowest BCUT2D eigenvalue weighted by molar-refractivity contribution is 0.196. The molecule has 5 heterocycles. The Morgan fingerprint density at radius 2 is 1.48 bits per heavy atom. The van der Waals surface area contributed by atoms with Gasteiger partial charge in [-0.15, -0.1) is 27.8 Å². The third-order valence-corrected chi connectivity index (χ3v) is 6.13. The van der Waals surface area contributed by atoms with Gasteiger partial charge in [0.05, 0.1) is 19.8 Å². The van der Waals surface area contributed by atoms with Crippen LogP contribution in [0.3, 0.4) is 0 Å². The first kappa shape index (κ1) is 14.6. The zero-order chi connectivity index (χ0) is 16.6. The summed E-state index contributed by atoms with van der Waals surface area (Å²) in [6.45, 7) is 0. The van der Waals surface area contributed by atoms with Crippen LogP contribution in [0.4, 0.5) is 0 Å². The first-order valence-corrected chi connectivity index (χ1v) is 9.47. The molecule has 4 aromatic rings. The number of hydrogen-bond acceptors (Lipinski definition) is 5. The minimum absolute atomic E-state index is 0.235. The predicted octanol–water partition coefficient (Wildman–Crippen LogP) is 4.37. The van der Waals surface area contributed by atoms with Crippen molar-refractivity contribution in [3.63, 3.8) is 0 Å². The van der Waals surface area contributed by atoms with Crippen molar-refractivity contribution in [1.29, 1.82) is 0 Å². The third kappa shape index (κ3) is 2.67. The molecule has 4 aromatic heterocycles. The summed E-state index contributed by atoms with van der Waals surface area (Å²) in [5.41, 5.74) is 3.09. The van der Waals surface area contributed by atoms with Crippen LogP contribution in [0.1, 0.15) is 16.0 Å². The molecule has 25 heavy (non-hydrogen) atoms. The van der Waals surface area contributed by atoms with E-state index in [1.165, 1.54) is 0 Å². The monoisotopic (exact) mass is 366 g/mol. The van der Waals surface area contributed by atoms with Crippen LogP contribution in [0, 0.1) is 0 Å². The van der Waals surface area contributed by atoms with E-state index in [1.54, 1.807) is 22.7 Å². The highest BCUT2D eigenvalue weighted by Gasteiger charge is 2.25. The van der Waals surface area contributed by atoms with Gasteiger partial charge in [0.25, 0.3) is 5.90 Å². The van der Waals surface area contributed by atoms with Gasteiger partial charge in [0.15, 0.2) is 0 Å². The number of hydrazone groups is 1. The molecule has 1 atom stereocenters. The average Bonchev–Trinajstić information content (AvgIpc) is 3.48. The van der Waals surface area contributed by atoms with Crippen LogP contribution in [-0.4, -0.2) is 15.0 Å². The summed E-state index contributed by atoms with van der Waals surface area (Å²) in [6.07, 6.45) is 7.90. The second kappa shape index (κ2) is 5.94. The number of aromatic nitrogens is 2. The topological polar surface area (TPSA) is 43.5 Å². The van der Waals surface area contributed by atoms with Crippen molar-refractivity contribution in [2.45, 2.75) is 6.23 Å². The lowest BCUT2D eigenvalue weighted by Crippen LogP contribution is -2.10. The highest BCUT2D eigenvalue weighted by molar-refractivity contribution is 7.16. The van der Waals surface area contributed by atoms with Crippen LogP contribution >= 0.6 is 22.7 Å². The number of hydrogen-bond donors (Lipinski definition) is 1. The number of thiophene rings is 2. The van der Waals surface area contributed by atoms with Crippen molar-refractivity contribution < 1.29 is 4.74 Å². The standard InChI is InChI=1S/C18H14N4OS2/c1-2-10-21(9-1)15-7-5-13(24-15)17-19-20-18(23-17)14-6-8-16(25-14)22-11-3-4-12-22/h1-12,17,19H. The minimum atomic E-state index is -0.235. The smallest absolute Gasteiger partial charge is 0.250 e. The molecule has 1 N–H and O–H groups in total. The van der Waals surface area contributed by atoms with E-state index in [9.17, 15) is 0 Å². The molecular formula is C18H14N4OS2. The molecule has 5 nitrogen and oxygen atoms in total. The van der Waals surface area contributed by atoms with Crippen molar-refractivity contribution in [3.05, 3.63) is 83.1 Å². The highest BCUT2D eigenvalue weighted by Crippen LogP contribution is 2.31. The summed E-state index contributed by atoms with van der Waals surface area (Å²) in [5.74, 6) is 0.643. The van der Waals surface area contributed by atoms with Gasteiger partial charge in [-0.1, -0.05) is 0 Å². The SMILES string of the molecule is c1ccn(-c2ccc(C3=NNC(c4ccc(-n5cccc5)s4)O3)s2)c1. The fourth-order valence-electron chi connectivity index (χ4n) is 2.68. The molecule has 124 valence electrons. The number of rotatable bonds is 4. The van der Waals surface area contributed by atoms with Gasteiger partial charge in [-0.25, -0.2) is 0 Å². The van der Waals surface area contributed by atoms with E-state index < -0.39 is 0 Å². The first-order valence-electron chi connectivity index (χ1n) is 7.83. The maximum Gasteiger partial charge on any atom is 0.250 e. The molecule has 1 unspecified atom stereocenters. The van der Waals surface area contributed by atoms with Crippen molar-refractivity contribution in [2.24, 2.45) is 5.10 Å². The van der Waals surface area contributed by atoms with E-state index in [0.29, 0.717) is 5.90 Å². The molecule has 0 saturated heterocycles. The maximum atomic E-state index is 6.04. The second-order valence-corrected chi connectivity index (χ2v) is 7.69. The van der Waals surface area contributed by atoms with Gasteiger partial charge in [-0.3, -0.25) is 5.43 Å². The highest BCUT2D eigenvalue weighted by atomic mass is 32.1. The molecule has 0 bridgehead atoms. The van der Waals surface area contributed by atoms with Gasteiger partial charge < -0.3 is 13.9 Å². The van der Waals surface area contributed by atoms with Crippen molar-refractivity contribution in [2.75, 3.05) is 0 Å². The van der Waals surface area contributed by atoms with E-state index in [1.807, 2.05) is 55.1 Å². The zero-order valence-electron chi connectivity index (χ0n) is 13.1. The number of nitrogens with one attached hydrogen (secondary N) is 1. The van der Waals surface area contributed by atoms with E-state index >= 15 is 0 Å². The quantitative estimate of drug-likeness (QED) is 0.583. The van der Waals surface area contributed by atoms with E-state index in [2.05, 4.69) is 37.9 Å². The Bertz CT molecular complexity index is 1010. The third-order valence-electron chi connectivity index (χ3n) is 3.90. The summed E-state index contributed by atoms with van der Waals surface area (Å²) >= 11 is 3.34. The maximum absolute atomic E-state index is 6.04. The molecule has 0 aromatic carbocycles. The van der Waals surface area contributed by atoms with Crippen LogP contribution < -0.4 is 5.43 Å². The number of nitrogens with zero attached hydrogens (tertiary/aromatic N) is 3. The Labute approximate surface area is 152 Å². The lowest BCUT2D eigenvalue weighted by atomic mass is 10.4. The molecule has 5 rings (SSSR count). The molecule has 0 spiro atoms. The van der Waals surface area contributed by atoms with Gasteiger partial charge >= 0.3 is 0 Å². The Morgan fingerprint density at radius 1 is 0.840 bits per heavy atom. The molecule has 0 saturated carbocycles. The molecule has 0 fully saturated rings. The minimum Gasteiger partial charge on any atom is -0.445 e. The molecule has 1 aliphatic rings. The summed E-state index contributed by atoms with van der Waals surface area (Å²) < 4.78 is 10.2. The summed E-state index contributed by atoms with van der Waals surface area (Å²) in [7, 11) is 0. The van der Waals surface area contributed by atoms with Gasteiger partial charge in [-0.2, -0.15) is 0 Å². The van der Waals surface area contributed by atoms with Crippen molar-refractivity contribution in [1.82, 2.24) is 14.6 Å². The van der Waals surface area contributed by atoms with E-state index in [-0.39, 0.29) is 6.23 Å². The van der Waals surface area contributed by atoms with Gasteiger partial charge in [0.2, 0.25) is 6.23 Å². The summed E-state index contributed by atoms with van der Waals surface area (Å²) in [6, 6.07) is 16.4. The molecule has 0 aliphatic carbocycles. The fraction of sp³-hybridized carbons (Fsp3) is 0.0556. The molecule has 0 amide bonds. The fourth-order valence-corrected chi connectivity index (χ4v) is 4.54. The average molecular weight is 366 g/mol. The van der Waals surface area contributed by atoms with Crippen molar-refractivity contribution in [3.8, 4) is 10.0 Å².